The summed E-state index contributed by atoms with van der Waals surface area (Å²) in [5.41, 5.74) is 2.89. The van der Waals surface area contributed by atoms with Gasteiger partial charge in [-0.1, -0.05) is 43.2 Å². The lowest BCUT2D eigenvalue weighted by Gasteiger charge is -2.29. The minimum absolute atomic E-state index is 0.209. The monoisotopic (exact) mass is 489 g/mol. The van der Waals surface area contributed by atoms with Crippen molar-refractivity contribution in [3.05, 3.63) is 65.2 Å². The summed E-state index contributed by atoms with van der Waals surface area (Å²) >= 11 is 0. The Balaban J connectivity index is 1.39. The lowest BCUT2D eigenvalue weighted by Crippen LogP contribution is -2.40. The fourth-order valence-electron chi connectivity index (χ4n) is 4.76. The number of hydrogen-bond donors (Lipinski definition) is 1. The first-order valence-corrected chi connectivity index (χ1v) is 13.0. The van der Waals surface area contributed by atoms with Gasteiger partial charge in [-0.25, -0.2) is 0 Å². The fourth-order valence-corrected chi connectivity index (χ4v) is 4.76. The Kier molecular flexibility index (Phi) is 11.3. The Morgan fingerprint density at radius 1 is 1.06 bits per heavy atom. The summed E-state index contributed by atoms with van der Waals surface area (Å²) in [5.74, 6) is 1.73. The van der Waals surface area contributed by atoms with Crippen LogP contribution in [-0.2, 0) is 11.2 Å². The Hall–Kier alpha value is -3.30. The van der Waals surface area contributed by atoms with Crippen molar-refractivity contribution < 1.29 is 14.3 Å². The van der Waals surface area contributed by atoms with Crippen LogP contribution in [0.25, 0.3) is 6.08 Å². The van der Waals surface area contributed by atoms with Crippen molar-refractivity contribution >= 4 is 12.0 Å². The lowest BCUT2D eigenvalue weighted by molar-refractivity contribution is -0.132. The highest BCUT2D eigenvalue weighted by Crippen LogP contribution is 2.28. The number of amides is 1. The highest BCUT2D eigenvalue weighted by atomic mass is 16.5. The van der Waals surface area contributed by atoms with Crippen LogP contribution in [0.15, 0.2) is 48.5 Å². The summed E-state index contributed by atoms with van der Waals surface area (Å²) in [6.45, 7) is 2.65. The van der Waals surface area contributed by atoms with E-state index in [2.05, 4.69) is 22.4 Å². The topological polar surface area (TPSA) is 74.6 Å². The van der Waals surface area contributed by atoms with Crippen molar-refractivity contribution in [1.29, 1.82) is 5.26 Å². The van der Waals surface area contributed by atoms with Gasteiger partial charge in [0.2, 0.25) is 5.91 Å². The van der Waals surface area contributed by atoms with E-state index in [-0.39, 0.29) is 5.91 Å². The molecule has 0 bridgehead atoms. The van der Waals surface area contributed by atoms with E-state index in [1.165, 1.54) is 18.4 Å². The van der Waals surface area contributed by atoms with Crippen LogP contribution in [0.3, 0.4) is 0 Å². The molecule has 2 aromatic rings. The number of rotatable bonds is 14. The number of methoxy groups -OCH3 is 2. The third-order valence-corrected chi connectivity index (χ3v) is 6.75. The Morgan fingerprint density at radius 2 is 1.78 bits per heavy atom. The molecule has 1 N–H and O–H groups in total. The van der Waals surface area contributed by atoms with Crippen LogP contribution in [0.5, 0.6) is 11.5 Å². The molecule has 192 valence electrons. The van der Waals surface area contributed by atoms with Crippen molar-refractivity contribution in [3.8, 4) is 17.6 Å². The van der Waals surface area contributed by atoms with E-state index in [1.54, 1.807) is 26.4 Å². The van der Waals surface area contributed by atoms with Crippen LogP contribution in [-0.4, -0.2) is 50.7 Å². The first-order valence-electron chi connectivity index (χ1n) is 13.0. The van der Waals surface area contributed by atoms with Crippen LogP contribution in [0.1, 0.15) is 61.6 Å². The van der Waals surface area contributed by atoms with E-state index < -0.39 is 0 Å². The fraction of sp³-hybridized carbons (Fsp3) is 0.467. The second-order valence-corrected chi connectivity index (χ2v) is 9.26. The van der Waals surface area contributed by atoms with E-state index in [0.29, 0.717) is 18.0 Å². The number of nitriles is 1. The van der Waals surface area contributed by atoms with Crippen LogP contribution < -0.4 is 14.8 Å². The molecule has 1 fully saturated rings. The van der Waals surface area contributed by atoms with Gasteiger partial charge in [-0.3, -0.25) is 4.79 Å². The maximum atomic E-state index is 13.0. The molecule has 1 aliphatic rings. The molecule has 0 aromatic heterocycles. The van der Waals surface area contributed by atoms with E-state index >= 15 is 0 Å². The highest BCUT2D eigenvalue weighted by Gasteiger charge is 2.25. The van der Waals surface area contributed by atoms with Gasteiger partial charge >= 0.3 is 0 Å². The van der Waals surface area contributed by atoms with Crippen molar-refractivity contribution in [1.82, 2.24) is 10.2 Å². The number of benzene rings is 2. The second kappa shape index (κ2) is 15.0. The molecule has 36 heavy (non-hydrogen) atoms. The molecule has 0 atom stereocenters. The summed E-state index contributed by atoms with van der Waals surface area (Å²) in [5, 5.41) is 12.5. The molecular formula is C30H39N3O3. The molecule has 0 spiro atoms. The van der Waals surface area contributed by atoms with Gasteiger partial charge in [0.05, 0.1) is 25.9 Å². The van der Waals surface area contributed by atoms with Gasteiger partial charge in [-0.05, 0) is 80.6 Å². The van der Waals surface area contributed by atoms with Gasteiger partial charge in [0.15, 0.2) is 11.5 Å². The Bertz CT molecular complexity index is 1020. The smallest absolute Gasteiger partial charge is 0.226 e. The number of nitrogens with one attached hydrogen (secondary N) is 1. The highest BCUT2D eigenvalue weighted by molar-refractivity contribution is 5.79. The number of aryl methyl sites for hydroxylation is 1. The van der Waals surface area contributed by atoms with Crippen molar-refractivity contribution in [2.24, 2.45) is 0 Å². The first kappa shape index (κ1) is 27.3. The second-order valence-electron chi connectivity index (χ2n) is 9.26. The molecule has 1 aliphatic carbocycles. The quantitative estimate of drug-likeness (QED) is 0.362. The van der Waals surface area contributed by atoms with Crippen molar-refractivity contribution in [3.63, 3.8) is 0 Å². The van der Waals surface area contributed by atoms with Gasteiger partial charge in [0, 0.05) is 19.0 Å². The molecule has 6 heteroatoms. The molecule has 6 nitrogen and oxygen atoms in total. The zero-order chi connectivity index (χ0) is 25.6. The molecule has 0 radical (unpaired) electrons. The Labute approximate surface area is 215 Å². The maximum absolute atomic E-state index is 13.0. The SMILES string of the molecule is COc1ccc(CCCNCCCN(C(=O)C/C=C/c2ccc(C#N)cc2)C2CCCC2)cc1OC. The minimum atomic E-state index is 0.209. The molecule has 3 rings (SSSR count). The zero-order valence-electron chi connectivity index (χ0n) is 21.7. The molecule has 0 aliphatic heterocycles. The molecule has 2 aromatic carbocycles. The lowest BCUT2D eigenvalue weighted by atomic mass is 10.1. The molecule has 0 saturated heterocycles. The van der Waals surface area contributed by atoms with E-state index in [9.17, 15) is 4.79 Å². The van der Waals surface area contributed by atoms with Crippen LogP contribution in [0.2, 0.25) is 0 Å². The molecule has 1 saturated carbocycles. The van der Waals surface area contributed by atoms with Crippen LogP contribution in [0, 0.1) is 11.3 Å². The summed E-state index contributed by atoms with van der Waals surface area (Å²) < 4.78 is 10.7. The van der Waals surface area contributed by atoms with E-state index in [1.807, 2.05) is 36.4 Å². The minimum Gasteiger partial charge on any atom is -0.493 e. The number of carbonyl (C=O) groups excluding carboxylic acids is 1. The summed E-state index contributed by atoms with van der Waals surface area (Å²) in [6, 6.07) is 16.0. The number of nitrogens with zero attached hydrogens (tertiary/aromatic N) is 2. The third-order valence-electron chi connectivity index (χ3n) is 6.75. The Morgan fingerprint density at radius 3 is 2.47 bits per heavy atom. The summed E-state index contributed by atoms with van der Waals surface area (Å²) in [7, 11) is 3.31. The largest absolute Gasteiger partial charge is 0.493 e. The van der Waals surface area contributed by atoms with Gasteiger partial charge < -0.3 is 19.7 Å². The zero-order valence-corrected chi connectivity index (χ0v) is 21.7. The average molecular weight is 490 g/mol. The predicted octanol–water partition coefficient (Wildman–Crippen LogP) is 5.36. The van der Waals surface area contributed by atoms with Gasteiger partial charge in [0.25, 0.3) is 0 Å². The normalized spacial score (nSPS) is 13.6. The molecular weight excluding hydrogens is 450 g/mol. The van der Waals surface area contributed by atoms with E-state index in [4.69, 9.17) is 14.7 Å². The first-order chi connectivity index (χ1) is 17.6. The average Bonchev–Trinajstić information content (AvgIpc) is 3.45. The maximum Gasteiger partial charge on any atom is 0.226 e. The van der Waals surface area contributed by atoms with E-state index in [0.717, 1.165) is 68.8 Å². The predicted molar refractivity (Wildman–Crippen MR) is 144 cm³/mol. The van der Waals surface area contributed by atoms with Crippen LogP contribution >= 0.6 is 0 Å². The summed E-state index contributed by atoms with van der Waals surface area (Å²) in [6.07, 6.45) is 11.9. The van der Waals surface area contributed by atoms with Gasteiger partial charge in [-0.15, -0.1) is 0 Å². The third kappa shape index (κ3) is 8.42. The number of carbonyl (C=O) groups is 1. The van der Waals surface area contributed by atoms with Crippen molar-refractivity contribution in [2.75, 3.05) is 33.9 Å². The number of ether oxygens (including phenoxy) is 2. The van der Waals surface area contributed by atoms with Gasteiger partial charge in [-0.2, -0.15) is 5.26 Å². The van der Waals surface area contributed by atoms with Crippen LogP contribution in [0.4, 0.5) is 0 Å². The van der Waals surface area contributed by atoms with Gasteiger partial charge in [0.1, 0.15) is 0 Å². The molecule has 1 amide bonds. The standard InChI is InChI=1S/C30H39N3O3/c1-35-28-18-17-25(22-29(28)36-2)9-6-19-32-20-7-21-33(27-10-3-4-11-27)30(34)12-5-8-24-13-15-26(23-31)16-14-24/h5,8,13-18,22,27,32H,3-4,6-7,9-12,19-21H2,1-2H3/b8-5+. The molecule has 0 unspecified atom stereocenters. The summed E-state index contributed by atoms with van der Waals surface area (Å²) in [4.78, 5) is 15.1. The molecule has 0 heterocycles. The number of hydrogen-bond acceptors (Lipinski definition) is 5. The van der Waals surface area contributed by atoms with Crippen molar-refractivity contribution in [2.45, 2.75) is 57.4 Å².